The summed E-state index contributed by atoms with van der Waals surface area (Å²) in [5.41, 5.74) is 2.91. The number of rotatable bonds is 5. The Hall–Kier alpha value is -3.32. The number of amides is 1. The van der Waals surface area contributed by atoms with Gasteiger partial charge in [-0.05, 0) is 67.4 Å². The van der Waals surface area contributed by atoms with Crippen molar-refractivity contribution < 1.29 is 17.9 Å². The van der Waals surface area contributed by atoms with Crippen LogP contribution < -0.4 is 13.9 Å². The van der Waals surface area contributed by atoms with E-state index < -0.39 is 10.0 Å². The van der Waals surface area contributed by atoms with Gasteiger partial charge in [-0.25, -0.2) is 8.42 Å². The third-order valence-electron chi connectivity index (χ3n) is 5.60. The van der Waals surface area contributed by atoms with Crippen LogP contribution in [0.15, 0.2) is 77.7 Å². The van der Waals surface area contributed by atoms with Gasteiger partial charge in [0.2, 0.25) is 0 Å². The monoisotopic (exact) mass is 436 g/mol. The van der Waals surface area contributed by atoms with Crippen molar-refractivity contribution in [2.45, 2.75) is 24.3 Å². The van der Waals surface area contributed by atoms with Crippen LogP contribution in [-0.4, -0.2) is 34.5 Å². The smallest absolute Gasteiger partial charge is 0.264 e. The van der Waals surface area contributed by atoms with Crippen LogP contribution in [0.1, 0.15) is 22.8 Å². The fourth-order valence-corrected chi connectivity index (χ4v) is 5.08. The van der Waals surface area contributed by atoms with Gasteiger partial charge < -0.3 is 9.64 Å². The zero-order chi connectivity index (χ0) is 22.2. The third-order valence-corrected chi connectivity index (χ3v) is 7.40. The predicted molar refractivity (Wildman–Crippen MR) is 121 cm³/mol. The van der Waals surface area contributed by atoms with Crippen LogP contribution >= 0.6 is 0 Å². The zero-order valence-electron chi connectivity index (χ0n) is 17.6. The van der Waals surface area contributed by atoms with E-state index in [1.807, 2.05) is 31.2 Å². The topological polar surface area (TPSA) is 66.9 Å². The Labute approximate surface area is 182 Å². The molecule has 1 amide bonds. The van der Waals surface area contributed by atoms with Crippen LogP contribution in [0.4, 0.5) is 11.4 Å². The average Bonchev–Trinajstić information content (AvgIpc) is 3.13. The number of carbonyl (C=O) groups excluding carboxylic acids is 1. The van der Waals surface area contributed by atoms with E-state index in [1.165, 1.54) is 30.6 Å². The molecule has 0 fully saturated rings. The van der Waals surface area contributed by atoms with Gasteiger partial charge in [0, 0.05) is 24.3 Å². The second-order valence-electron chi connectivity index (χ2n) is 7.56. The molecule has 1 heterocycles. The summed E-state index contributed by atoms with van der Waals surface area (Å²) < 4.78 is 32.4. The van der Waals surface area contributed by atoms with E-state index in [4.69, 9.17) is 4.74 Å². The highest BCUT2D eigenvalue weighted by molar-refractivity contribution is 7.92. The minimum Gasteiger partial charge on any atom is -0.497 e. The van der Waals surface area contributed by atoms with Gasteiger partial charge in [0.05, 0.1) is 17.7 Å². The molecular formula is C24H24N2O4S. The zero-order valence-corrected chi connectivity index (χ0v) is 18.5. The standard InChI is InChI=1S/C24H24N2O4S/c1-17-15-18-7-4-5-10-23(18)26(17)24(27)19-8-6-9-20(16-19)25(2)31(28,29)22-13-11-21(30-3)12-14-22/h4-14,16-17H,15H2,1-3H3/t17-/m0/s1. The van der Waals surface area contributed by atoms with Gasteiger partial charge >= 0.3 is 0 Å². The van der Waals surface area contributed by atoms with Crippen molar-refractivity contribution in [1.29, 1.82) is 0 Å². The number of anilines is 2. The SMILES string of the molecule is COc1ccc(S(=O)(=O)N(C)c2cccc(C(=O)N3c4ccccc4C[C@@H]3C)c2)cc1. The van der Waals surface area contributed by atoms with Crippen molar-refractivity contribution in [1.82, 2.24) is 0 Å². The van der Waals surface area contributed by atoms with Crippen LogP contribution in [0.3, 0.4) is 0 Å². The molecule has 1 aliphatic heterocycles. The van der Waals surface area contributed by atoms with Crippen LogP contribution in [-0.2, 0) is 16.4 Å². The highest BCUT2D eigenvalue weighted by Crippen LogP contribution is 2.33. The van der Waals surface area contributed by atoms with Crippen LogP contribution in [0.5, 0.6) is 5.75 Å². The summed E-state index contributed by atoms with van der Waals surface area (Å²) in [5, 5.41) is 0. The van der Waals surface area contributed by atoms with Gasteiger partial charge in [-0.3, -0.25) is 9.10 Å². The van der Waals surface area contributed by atoms with Crippen LogP contribution in [0.25, 0.3) is 0 Å². The van der Waals surface area contributed by atoms with E-state index in [2.05, 4.69) is 0 Å². The van der Waals surface area contributed by atoms with Gasteiger partial charge in [-0.2, -0.15) is 0 Å². The van der Waals surface area contributed by atoms with Crippen molar-refractivity contribution in [3.8, 4) is 5.75 Å². The highest BCUT2D eigenvalue weighted by Gasteiger charge is 2.31. The minimum atomic E-state index is -3.79. The first-order chi connectivity index (χ1) is 14.8. The quantitative estimate of drug-likeness (QED) is 0.604. The van der Waals surface area contributed by atoms with Gasteiger partial charge in [-0.1, -0.05) is 24.3 Å². The average molecular weight is 437 g/mol. The molecule has 3 aromatic rings. The van der Waals surface area contributed by atoms with E-state index >= 15 is 0 Å². The largest absolute Gasteiger partial charge is 0.497 e. The first-order valence-corrected chi connectivity index (χ1v) is 11.4. The lowest BCUT2D eigenvalue weighted by Gasteiger charge is -2.24. The second-order valence-corrected chi connectivity index (χ2v) is 9.52. The molecule has 4 rings (SSSR count). The summed E-state index contributed by atoms with van der Waals surface area (Å²) in [5.74, 6) is 0.434. The lowest BCUT2D eigenvalue weighted by atomic mass is 10.1. The molecule has 0 saturated carbocycles. The number of methoxy groups -OCH3 is 1. The van der Waals surface area contributed by atoms with Crippen molar-refractivity contribution in [2.24, 2.45) is 0 Å². The molecule has 0 saturated heterocycles. The maximum atomic E-state index is 13.3. The third kappa shape index (κ3) is 3.77. The fraction of sp³-hybridized carbons (Fsp3) is 0.208. The molecule has 31 heavy (non-hydrogen) atoms. The van der Waals surface area contributed by atoms with Crippen molar-refractivity contribution in [3.05, 3.63) is 83.9 Å². The normalized spacial score (nSPS) is 15.5. The molecule has 160 valence electrons. The molecule has 0 N–H and O–H groups in total. The lowest BCUT2D eigenvalue weighted by molar-refractivity contribution is 0.0981. The Balaban J connectivity index is 1.64. The maximum absolute atomic E-state index is 13.3. The molecule has 6 nitrogen and oxygen atoms in total. The van der Waals surface area contributed by atoms with Crippen molar-refractivity contribution >= 4 is 27.3 Å². The molecular weight excluding hydrogens is 412 g/mol. The molecule has 0 aliphatic carbocycles. The maximum Gasteiger partial charge on any atom is 0.264 e. The number of ether oxygens (including phenoxy) is 1. The molecule has 0 radical (unpaired) electrons. The molecule has 0 aromatic heterocycles. The van der Waals surface area contributed by atoms with Crippen molar-refractivity contribution in [3.63, 3.8) is 0 Å². The highest BCUT2D eigenvalue weighted by atomic mass is 32.2. The summed E-state index contributed by atoms with van der Waals surface area (Å²) in [7, 11) is -0.776. The van der Waals surface area contributed by atoms with Gasteiger partial charge in [-0.15, -0.1) is 0 Å². The van der Waals surface area contributed by atoms with E-state index in [0.29, 0.717) is 17.0 Å². The molecule has 1 aliphatic rings. The van der Waals surface area contributed by atoms with Crippen LogP contribution in [0, 0.1) is 0 Å². The predicted octanol–water partition coefficient (Wildman–Crippen LogP) is 4.11. The fourth-order valence-electron chi connectivity index (χ4n) is 3.89. The number of fused-ring (bicyclic) bond motifs is 1. The Morgan fingerprint density at radius 3 is 2.45 bits per heavy atom. The van der Waals surface area contributed by atoms with Crippen molar-refractivity contribution in [2.75, 3.05) is 23.4 Å². The Bertz CT molecular complexity index is 1220. The van der Waals surface area contributed by atoms with E-state index in [9.17, 15) is 13.2 Å². The number of benzene rings is 3. The molecule has 0 spiro atoms. The van der Waals surface area contributed by atoms with E-state index in [-0.39, 0.29) is 16.8 Å². The Morgan fingerprint density at radius 2 is 1.74 bits per heavy atom. The summed E-state index contributed by atoms with van der Waals surface area (Å²) in [6.07, 6.45) is 0.799. The lowest BCUT2D eigenvalue weighted by Crippen LogP contribution is -2.36. The molecule has 0 bridgehead atoms. The molecule has 3 aromatic carbocycles. The first-order valence-electron chi connectivity index (χ1n) is 9.97. The minimum absolute atomic E-state index is 0.0364. The molecule has 1 atom stereocenters. The first kappa shape index (κ1) is 20.9. The number of para-hydroxylation sites is 1. The molecule has 7 heteroatoms. The Kier molecular flexibility index (Phi) is 5.45. The summed E-state index contributed by atoms with van der Waals surface area (Å²) in [4.78, 5) is 15.3. The number of nitrogens with zero attached hydrogens (tertiary/aromatic N) is 2. The van der Waals surface area contributed by atoms with Crippen LogP contribution in [0.2, 0.25) is 0 Å². The number of hydrogen-bond acceptors (Lipinski definition) is 4. The van der Waals surface area contributed by atoms with E-state index in [0.717, 1.165) is 17.7 Å². The van der Waals surface area contributed by atoms with Gasteiger partial charge in [0.25, 0.3) is 15.9 Å². The number of carbonyl (C=O) groups is 1. The summed E-state index contributed by atoms with van der Waals surface area (Å²) in [6, 6.07) is 20.8. The van der Waals surface area contributed by atoms with E-state index in [1.54, 1.807) is 41.3 Å². The number of sulfonamides is 1. The summed E-state index contributed by atoms with van der Waals surface area (Å²) in [6.45, 7) is 2.02. The number of hydrogen-bond donors (Lipinski definition) is 0. The second kappa shape index (κ2) is 8.07. The Morgan fingerprint density at radius 1 is 1.03 bits per heavy atom. The van der Waals surface area contributed by atoms with Gasteiger partial charge in [0.15, 0.2) is 0 Å². The molecule has 0 unspecified atom stereocenters. The van der Waals surface area contributed by atoms with Gasteiger partial charge in [0.1, 0.15) is 5.75 Å². The summed E-state index contributed by atoms with van der Waals surface area (Å²) >= 11 is 0.